The minimum atomic E-state index is -0.214. The number of hydrogen-bond acceptors (Lipinski definition) is 3. The number of nitrogens with one attached hydrogen (secondary N) is 1. The summed E-state index contributed by atoms with van der Waals surface area (Å²) < 4.78 is 13.6. The van der Waals surface area contributed by atoms with E-state index in [1.807, 2.05) is 6.07 Å². The molecule has 1 heterocycles. The number of halogens is 1. The summed E-state index contributed by atoms with van der Waals surface area (Å²) in [5, 5.41) is 3.30. The Bertz CT molecular complexity index is 383. The molecule has 3 N–H and O–H groups in total. The summed E-state index contributed by atoms with van der Waals surface area (Å²) in [6.45, 7) is 2.46. The van der Waals surface area contributed by atoms with Crippen molar-refractivity contribution in [3.05, 3.63) is 30.1 Å². The molecule has 17 heavy (non-hydrogen) atoms. The van der Waals surface area contributed by atoms with E-state index in [0.717, 1.165) is 25.9 Å². The van der Waals surface area contributed by atoms with Crippen molar-refractivity contribution < 1.29 is 4.39 Å². The van der Waals surface area contributed by atoms with Crippen molar-refractivity contribution in [1.82, 2.24) is 4.90 Å². The number of anilines is 1. The van der Waals surface area contributed by atoms with Gasteiger partial charge in [-0.15, -0.1) is 0 Å². The van der Waals surface area contributed by atoms with E-state index >= 15 is 0 Å². The maximum absolute atomic E-state index is 13.6. The summed E-state index contributed by atoms with van der Waals surface area (Å²) in [7, 11) is 2.08. The van der Waals surface area contributed by atoms with Crippen molar-refractivity contribution in [3.8, 4) is 0 Å². The van der Waals surface area contributed by atoms with Crippen LogP contribution in [-0.2, 0) is 0 Å². The number of piperidine rings is 1. The fourth-order valence-corrected chi connectivity index (χ4v) is 2.53. The SMILES string of the molecule is CN1CCCC(CN)(Nc2ccccc2F)C1. The molecular weight excluding hydrogens is 217 g/mol. The van der Waals surface area contributed by atoms with E-state index in [0.29, 0.717) is 12.2 Å². The summed E-state index contributed by atoms with van der Waals surface area (Å²) in [6.07, 6.45) is 2.08. The number of likely N-dealkylation sites (N-methyl/N-ethyl adjacent to an activating group) is 1. The average molecular weight is 237 g/mol. The molecule has 0 saturated carbocycles. The molecule has 0 aromatic heterocycles. The van der Waals surface area contributed by atoms with Gasteiger partial charge in [0.15, 0.2) is 0 Å². The van der Waals surface area contributed by atoms with Crippen molar-refractivity contribution >= 4 is 5.69 Å². The summed E-state index contributed by atoms with van der Waals surface area (Å²) in [6, 6.07) is 6.77. The van der Waals surface area contributed by atoms with Gasteiger partial charge in [0.1, 0.15) is 5.82 Å². The third-order valence-corrected chi connectivity index (χ3v) is 3.43. The molecule has 94 valence electrons. The summed E-state index contributed by atoms with van der Waals surface area (Å²) in [5.74, 6) is -0.214. The molecule has 1 aromatic rings. The first-order valence-corrected chi connectivity index (χ1v) is 6.06. The van der Waals surface area contributed by atoms with Gasteiger partial charge in [-0.2, -0.15) is 0 Å². The Kier molecular flexibility index (Phi) is 3.64. The number of nitrogens with two attached hydrogens (primary N) is 1. The van der Waals surface area contributed by atoms with Gasteiger partial charge in [-0.1, -0.05) is 12.1 Å². The van der Waals surface area contributed by atoms with E-state index < -0.39 is 0 Å². The first-order chi connectivity index (χ1) is 8.15. The van der Waals surface area contributed by atoms with Crippen molar-refractivity contribution in [2.24, 2.45) is 5.73 Å². The molecule has 0 bridgehead atoms. The van der Waals surface area contributed by atoms with E-state index in [-0.39, 0.29) is 11.4 Å². The molecule has 1 fully saturated rings. The van der Waals surface area contributed by atoms with Gasteiger partial charge in [0.05, 0.1) is 11.2 Å². The molecule has 0 radical (unpaired) electrons. The predicted molar refractivity (Wildman–Crippen MR) is 68.5 cm³/mol. The monoisotopic (exact) mass is 237 g/mol. The highest BCUT2D eigenvalue weighted by Crippen LogP contribution is 2.25. The average Bonchev–Trinajstić information content (AvgIpc) is 2.32. The number of benzene rings is 1. The van der Waals surface area contributed by atoms with Gasteiger partial charge in [0.25, 0.3) is 0 Å². The maximum Gasteiger partial charge on any atom is 0.146 e. The van der Waals surface area contributed by atoms with Crippen LogP contribution >= 0.6 is 0 Å². The standard InChI is InChI=1S/C13H20FN3/c1-17-8-4-7-13(9-15,10-17)16-12-6-3-2-5-11(12)14/h2-3,5-6,16H,4,7-10,15H2,1H3. The molecule has 2 rings (SSSR count). The van der Waals surface area contributed by atoms with Crippen LogP contribution in [0.5, 0.6) is 0 Å². The zero-order valence-corrected chi connectivity index (χ0v) is 10.2. The lowest BCUT2D eigenvalue weighted by molar-refractivity contribution is 0.198. The quantitative estimate of drug-likeness (QED) is 0.840. The molecule has 0 amide bonds. The van der Waals surface area contributed by atoms with Crippen LogP contribution in [-0.4, -0.2) is 37.1 Å². The third kappa shape index (κ3) is 2.76. The second-order valence-electron chi connectivity index (χ2n) is 4.93. The molecule has 1 aromatic carbocycles. The van der Waals surface area contributed by atoms with Gasteiger partial charge < -0.3 is 16.0 Å². The number of nitrogens with zero attached hydrogens (tertiary/aromatic N) is 1. The number of rotatable bonds is 3. The van der Waals surface area contributed by atoms with Gasteiger partial charge in [-0.05, 0) is 38.6 Å². The van der Waals surface area contributed by atoms with E-state index in [9.17, 15) is 4.39 Å². The lowest BCUT2D eigenvalue weighted by Crippen LogP contribution is -2.56. The molecule has 1 saturated heterocycles. The summed E-state index contributed by atoms with van der Waals surface area (Å²) in [5.41, 5.74) is 6.24. The predicted octanol–water partition coefficient (Wildman–Crippen LogP) is 1.66. The Balaban J connectivity index is 2.17. The third-order valence-electron chi connectivity index (χ3n) is 3.43. The minimum Gasteiger partial charge on any atom is -0.375 e. The first kappa shape index (κ1) is 12.3. The summed E-state index contributed by atoms with van der Waals surface area (Å²) in [4.78, 5) is 2.24. The smallest absolute Gasteiger partial charge is 0.146 e. The van der Waals surface area contributed by atoms with Crippen molar-refractivity contribution in [2.75, 3.05) is 32.0 Å². The second-order valence-corrected chi connectivity index (χ2v) is 4.93. The molecule has 0 aliphatic carbocycles. The van der Waals surface area contributed by atoms with Crippen molar-refractivity contribution in [3.63, 3.8) is 0 Å². The normalized spacial score (nSPS) is 25.8. The zero-order valence-electron chi connectivity index (χ0n) is 10.2. The highest BCUT2D eigenvalue weighted by atomic mass is 19.1. The Hall–Kier alpha value is -1.13. The Morgan fingerprint density at radius 3 is 2.88 bits per heavy atom. The van der Waals surface area contributed by atoms with E-state index in [1.165, 1.54) is 6.07 Å². The first-order valence-electron chi connectivity index (χ1n) is 6.06. The number of likely N-dealkylation sites (tertiary alicyclic amines) is 1. The lowest BCUT2D eigenvalue weighted by Gasteiger charge is -2.42. The molecular formula is C13H20FN3. The minimum absolute atomic E-state index is 0.199. The number of hydrogen-bond donors (Lipinski definition) is 2. The molecule has 1 unspecified atom stereocenters. The van der Waals surface area contributed by atoms with Crippen LogP contribution in [0.25, 0.3) is 0 Å². The highest BCUT2D eigenvalue weighted by molar-refractivity contribution is 5.47. The fourth-order valence-electron chi connectivity index (χ4n) is 2.53. The van der Waals surface area contributed by atoms with E-state index in [1.54, 1.807) is 12.1 Å². The molecule has 1 atom stereocenters. The van der Waals surface area contributed by atoms with Crippen LogP contribution in [0.15, 0.2) is 24.3 Å². The molecule has 0 spiro atoms. The fraction of sp³-hybridized carbons (Fsp3) is 0.538. The Morgan fingerprint density at radius 1 is 1.47 bits per heavy atom. The highest BCUT2D eigenvalue weighted by Gasteiger charge is 2.33. The van der Waals surface area contributed by atoms with Gasteiger partial charge in [0, 0.05) is 13.1 Å². The van der Waals surface area contributed by atoms with Crippen LogP contribution in [0.4, 0.5) is 10.1 Å². The van der Waals surface area contributed by atoms with Gasteiger partial charge >= 0.3 is 0 Å². The van der Waals surface area contributed by atoms with Crippen molar-refractivity contribution in [1.29, 1.82) is 0 Å². The topological polar surface area (TPSA) is 41.3 Å². The van der Waals surface area contributed by atoms with Crippen LogP contribution in [0, 0.1) is 5.82 Å². The maximum atomic E-state index is 13.6. The Morgan fingerprint density at radius 2 is 2.24 bits per heavy atom. The summed E-state index contributed by atoms with van der Waals surface area (Å²) >= 11 is 0. The van der Waals surface area contributed by atoms with Gasteiger partial charge in [0.2, 0.25) is 0 Å². The van der Waals surface area contributed by atoms with Crippen LogP contribution in [0.2, 0.25) is 0 Å². The van der Waals surface area contributed by atoms with Gasteiger partial charge in [-0.3, -0.25) is 0 Å². The van der Waals surface area contributed by atoms with Gasteiger partial charge in [-0.25, -0.2) is 4.39 Å². The molecule has 4 heteroatoms. The molecule has 3 nitrogen and oxygen atoms in total. The van der Waals surface area contributed by atoms with E-state index in [2.05, 4.69) is 17.3 Å². The van der Waals surface area contributed by atoms with E-state index in [4.69, 9.17) is 5.73 Å². The lowest BCUT2D eigenvalue weighted by atomic mass is 9.89. The van der Waals surface area contributed by atoms with Crippen molar-refractivity contribution in [2.45, 2.75) is 18.4 Å². The largest absolute Gasteiger partial charge is 0.375 e. The Labute approximate surface area is 102 Å². The number of para-hydroxylation sites is 1. The van der Waals surface area contributed by atoms with Crippen LogP contribution in [0.1, 0.15) is 12.8 Å². The van der Waals surface area contributed by atoms with Crippen LogP contribution < -0.4 is 11.1 Å². The second kappa shape index (κ2) is 5.02. The molecule has 1 aliphatic heterocycles. The zero-order chi connectivity index (χ0) is 12.3. The molecule has 1 aliphatic rings. The van der Waals surface area contributed by atoms with Crippen LogP contribution in [0.3, 0.4) is 0 Å².